The Balaban J connectivity index is 1.94. The van der Waals surface area contributed by atoms with Crippen LogP contribution in [0.2, 0.25) is 0 Å². The molecular weight excluding hydrogens is 320 g/mol. The van der Waals surface area contributed by atoms with Gasteiger partial charge in [-0.15, -0.1) is 0 Å². The number of aromatic nitrogens is 1. The number of benzene rings is 1. The highest BCUT2D eigenvalue weighted by molar-refractivity contribution is 5.93. The van der Waals surface area contributed by atoms with Crippen molar-refractivity contribution in [3.63, 3.8) is 0 Å². The number of nitro benzene ring substituents is 1. The van der Waals surface area contributed by atoms with Crippen LogP contribution in [0.15, 0.2) is 47.1 Å². The molecule has 0 spiro atoms. The van der Waals surface area contributed by atoms with Gasteiger partial charge in [0.1, 0.15) is 5.76 Å². The minimum absolute atomic E-state index is 0.0391. The van der Waals surface area contributed by atoms with Gasteiger partial charge in [-0.05, 0) is 45.3 Å². The molecule has 3 aromatic rings. The third-order valence-electron chi connectivity index (χ3n) is 4.11. The maximum atomic E-state index is 11.1. The minimum atomic E-state index is -0.394. The fourth-order valence-electron chi connectivity index (χ4n) is 2.83. The van der Waals surface area contributed by atoms with Crippen LogP contribution in [0.4, 0.5) is 11.4 Å². The van der Waals surface area contributed by atoms with Gasteiger partial charge >= 0.3 is 0 Å². The van der Waals surface area contributed by atoms with E-state index < -0.39 is 4.92 Å². The molecule has 0 saturated heterocycles. The predicted octanol–water partition coefficient (Wildman–Crippen LogP) is 3.76. The lowest BCUT2D eigenvalue weighted by molar-refractivity contribution is -0.384. The van der Waals surface area contributed by atoms with E-state index in [0.29, 0.717) is 6.54 Å². The van der Waals surface area contributed by atoms with Gasteiger partial charge < -0.3 is 9.73 Å². The van der Waals surface area contributed by atoms with Gasteiger partial charge in [-0.1, -0.05) is 0 Å². The average molecular weight is 340 g/mol. The van der Waals surface area contributed by atoms with Crippen molar-refractivity contribution in [1.82, 2.24) is 9.88 Å². The summed E-state index contributed by atoms with van der Waals surface area (Å²) in [5, 5.41) is 15.2. The Labute approximate surface area is 145 Å². The largest absolute Gasteiger partial charge is 0.468 e. The fraction of sp³-hybridized carbons (Fsp3) is 0.278. The van der Waals surface area contributed by atoms with Gasteiger partial charge in [0.05, 0.1) is 22.7 Å². The van der Waals surface area contributed by atoms with E-state index in [1.165, 1.54) is 6.07 Å². The normalized spacial score (nSPS) is 12.5. The van der Waals surface area contributed by atoms with Crippen LogP contribution in [-0.4, -0.2) is 35.4 Å². The zero-order chi connectivity index (χ0) is 18.0. The Morgan fingerprint density at radius 2 is 2.12 bits per heavy atom. The Kier molecular flexibility index (Phi) is 4.67. The molecule has 130 valence electrons. The number of anilines is 1. The minimum Gasteiger partial charge on any atom is -0.468 e. The van der Waals surface area contributed by atoms with Gasteiger partial charge in [0.25, 0.3) is 5.69 Å². The van der Waals surface area contributed by atoms with Crippen molar-refractivity contribution in [2.24, 2.45) is 0 Å². The highest BCUT2D eigenvalue weighted by Crippen LogP contribution is 2.28. The number of furan rings is 1. The van der Waals surface area contributed by atoms with Crippen LogP contribution in [-0.2, 0) is 0 Å². The van der Waals surface area contributed by atoms with Gasteiger partial charge in [0, 0.05) is 35.4 Å². The van der Waals surface area contributed by atoms with E-state index in [-0.39, 0.29) is 11.7 Å². The van der Waals surface area contributed by atoms with Gasteiger partial charge in [0.2, 0.25) is 0 Å². The molecule has 3 rings (SSSR count). The van der Waals surface area contributed by atoms with Gasteiger partial charge in [0.15, 0.2) is 0 Å². The number of likely N-dealkylation sites (N-methyl/N-ethyl adjacent to an activating group) is 1. The van der Waals surface area contributed by atoms with E-state index >= 15 is 0 Å². The number of hydrogen-bond donors (Lipinski definition) is 1. The number of aryl methyl sites for hydroxylation is 1. The van der Waals surface area contributed by atoms with Crippen LogP contribution in [0.25, 0.3) is 10.9 Å². The van der Waals surface area contributed by atoms with Gasteiger partial charge in [-0.2, -0.15) is 0 Å². The Hall–Kier alpha value is -2.93. The van der Waals surface area contributed by atoms with Crippen molar-refractivity contribution >= 4 is 22.3 Å². The maximum absolute atomic E-state index is 11.1. The Bertz CT molecular complexity index is 891. The van der Waals surface area contributed by atoms with E-state index in [2.05, 4.69) is 15.2 Å². The summed E-state index contributed by atoms with van der Waals surface area (Å²) in [6.07, 6.45) is 1.65. The van der Waals surface area contributed by atoms with E-state index in [9.17, 15) is 10.1 Å². The number of nitrogens with zero attached hydrogens (tertiary/aromatic N) is 3. The molecule has 0 aliphatic heterocycles. The van der Waals surface area contributed by atoms with Crippen LogP contribution in [0, 0.1) is 17.0 Å². The second-order valence-corrected chi connectivity index (χ2v) is 6.15. The molecule has 0 aliphatic rings. The first-order valence-corrected chi connectivity index (χ1v) is 7.95. The zero-order valence-electron chi connectivity index (χ0n) is 14.4. The maximum Gasteiger partial charge on any atom is 0.270 e. The number of non-ortho nitro benzene ring substituents is 1. The summed E-state index contributed by atoms with van der Waals surface area (Å²) < 4.78 is 5.52. The van der Waals surface area contributed by atoms with E-state index in [1.54, 1.807) is 18.4 Å². The fourth-order valence-corrected chi connectivity index (χ4v) is 2.83. The SMILES string of the molecule is Cc1cc(NCC(c2ccco2)N(C)C)c2cc([N+](=O)[O-])ccc2n1. The summed E-state index contributed by atoms with van der Waals surface area (Å²) in [4.78, 5) is 17.2. The lowest BCUT2D eigenvalue weighted by atomic mass is 10.1. The van der Waals surface area contributed by atoms with Gasteiger partial charge in [-0.25, -0.2) is 0 Å². The van der Waals surface area contributed by atoms with Crippen LogP contribution in [0.3, 0.4) is 0 Å². The number of nitro groups is 1. The molecule has 7 heteroatoms. The topological polar surface area (TPSA) is 84.4 Å². The monoisotopic (exact) mass is 340 g/mol. The molecule has 1 atom stereocenters. The summed E-state index contributed by atoms with van der Waals surface area (Å²) in [6.45, 7) is 2.50. The van der Waals surface area contributed by atoms with E-state index in [0.717, 1.165) is 28.0 Å². The lowest BCUT2D eigenvalue weighted by Gasteiger charge is -2.23. The molecule has 1 N–H and O–H groups in total. The van der Waals surface area contributed by atoms with Crippen molar-refractivity contribution in [3.05, 3.63) is 64.2 Å². The third kappa shape index (κ3) is 3.61. The van der Waals surface area contributed by atoms with Crippen molar-refractivity contribution in [3.8, 4) is 0 Å². The first-order chi connectivity index (χ1) is 12.0. The van der Waals surface area contributed by atoms with E-state index in [1.807, 2.05) is 39.2 Å². The molecule has 0 bridgehead atoms. The summed E-state index contributed by atoms with van der Waals surface area (Å²) in [7, 11) is 3.96. The predicted molar refractivity (Wildman–Crippen MR) is 96.8 cm³/mol. The molecular formula is C18H20N4O3. The van der Waals surface area contributed by atoms with E-state index in [4.69, 9.17) is 4.42 Å². The Morgan fingerprint density at radius 3 is 2.76 bits per heavy atom. The molecule has 25 heavy (non-hydrogen) atoms. The summed E-state index contributed by atoms with van der Waals surface area (Å²) in [6, 6.07) is 10.5. The van der Waals surface area contributed by atoms with Crippen molar-refractivity contribution < 1.29 is 9.34 Å². The molecule has 1 unspecified atom stereocenters. The van der Waals surface area contributed by atoms with Crippen molar-refractivity contribution in [2.75, 3.05) is 26.0 Å². The summed E-state index contributed by atoms with van der Waals surface area (Å²) in [5.74, 6) is 0.860. The highest BCUT2D eigenvalue weighted by atomic mass is 16.6. The number of fused-ring (bicyclic) bond motifs is 1. The average Bonchev–Trinajstić information content (AvgIpc) is 3.08. The molecule has 0 fully saturated rings. The van der Waals surface area contributed by atoms with Gasteiger partial charge in [-0.3, -0.25) is 20.0 Å². The molecule has 0 amide bonds. The molecule has 7 nitrogen and oxygen atoms in total. The molecule has 0 saturated carbocycles. The molecule has 2 heterocycles. The van der Waals surface area contributed by atoms with Crippen LogP contribution < -0.4 is 5.32 Å². The number of rotatable bonds is 6. The van der Waals surface area contributed by atoms with Crippen molar-refractivity contribution in [2.45, 2.75) is 13.0 Å². The molecule has 0 aliphatic carbocycles. The third-order valence-corrected chi connectivity index (χ3v) is 4.11. The summed E-state index contributed by atoms with van der Waals surface area (Å²) >= 11 is 0. The second kappa shape index (κ2) is 6.90. The summed E-state index contributed by atoms with van der Waals surface area (Å²) in [5.41, 5.74) is 2.46. The van der Waals surface area contributed by atoms with Crippen LogP contribution in [0.5, 0.6) is 0 Å². The molecule has 0 radical (unpaired) electrons. The molecule has 2 aromatic heterocycles. The molecule has 1 aromatic carbocycles. The van der Waals surface area contributed by atoms with Crippen LogP contribution in [0.1, 0.15) is 17.5 Å². The number of nitrogens with one attached hydrogen (secondary N) is 1. The Morgan fingerprint density at radius 1 is 1.32 bits per heavy atom. The lowest BCUT2D eigenvalue weighted by Crippen LogP contribution is -2.26. The van der Waals surface area contributed by atoms with Crippen LogP contribution >= 0.6 is 0 Å². The second-order valence-electron chi connectivity index (χ2n) is 6.15. The number of pyridine rings is 1. The first kappa shape index (κ1) is 16.9. The smallest absolute Gasteiger partial charge is 0.270 e. The standard InChI is InChI=1S/C18H20N4O3/c1-12-9-16(14-10-13(22(23)24)6-7-15(14)20-12)19-11-17(21(2)3)18-5-4-8-25-18/h4-10,17H,11H2,1-3H3,(H,19,20). The first-order valence-electron chi connectivity index (χ1n) is 7.95. The quantitative estimate of drug-likeness (QED) is 0.543. The highest BCUT2D eigenvalue weighted by Gasteiger charge is 2.18. The zero-order valence-corrected chi connectivity index (χ0v) is 14.4. The van der Waals surface area contributed by atoms with Crippen molar-refractivity contribution in [1.29, 1.82) is 0 Å². The number of hydrogen-bond acceptors (Lipinski definition) is 6.